The molecule has 0 spiro atoms. The number of furan rings is 1. The van der Waals surface area contributed by atoms with Crippen molar-refractivity contribution >= 4 is 18.3 Å². The van der Waals surface area contributed by atoms with Gasteiger partial charge in [-0.1, -0.05) is 6.92 Å². The Kier molecular flexibility index (Phi) is 5.93. The number of aryl methyl sites for hydroxylation is 1. The fourth-order valence-corrected chi connectivity index (χ4v) is 3.61. The molecule has 2 saturated heterocycles. The Morgan fingerprint density at radius 3 is 2.64 bits per heavy atom. The molecule has 22 heavy (non-hydrogen) atoms. The zero-order valence-corrected chi connectivity index (χ0v) is 14.3. The molecule has 0 saturated carbocycles. The lowest BCUT2D eigenvalue weighted by atomic mass is 9.88. The molecule has 0 radical (unpaired) electrons. The summed E-state index contributed by atoms with van der Waals surface area (Å²) >= 11 is 0. The van der Waals surface area contributed by atoms with E-state index in [0.717, 1.165) is 56.8 Å². The van der Waals surface area contributed by atoms with Crippen molar-refractivity contribution in [1.82, 2.24) is 10.2 Å². The molecule has 3 heterocycles. The van der Waals surface area contributed by atoms with Crippen LogP contribution in [0.15, 0.2) is 16.5 Å². The lowest BCUT2D eigenvalue weighted by molar-refractivity contribution is -0.141. The third-order valence-electron chi connectivity index (χ3n) is 4.93. The molecule has 5 heteroatoms. The zero-order chi connectivity index (χ0) is 14.8. The lowest BCUT2D eigenvalue weighted by Gasteiger charge is -2.40. The molecule has 1 aromatic rings. The maximum atomic E-state index is 12.9. The topological polar surface area (TPSA) is 45.5 Å². The van der Waals surface area contributed by atoms with Gasteiger partial charge in [0, 0.05) is 12.5 Å². The molecular weight excluding hydrogens is 300 g/mol. The van der Waals surface area contributed by atoms with Crippen LogP contribution >= 0.6 is 12.4 Å². The summed E-state index contributed by atoms with van der Waals surface area (Å²) in [5.41, 5.74) is 0. The smallest absolute Gasteiger partial charge is 0.226 e. The van der Waals surface area contributed by atoms with Crippen molar-refractivity contribution in [3.05, 3.63) is 23.7 Å². The number of likely N-dealkylation sites (tertiary alicyclic amines) is 1. The summed E-state index contributed by atoms with van der Waals surface area (Å²) in [5.74, 6) is 3.07. The number of hydrogen-bond acceptors (Lipinski definition) is 3. The highest BCUT2D eigenvalue weighted by atomic mass is 35.5. The number of rotatable bonds is 2. The van der Waals surface area contributed by atoms with Crippen LogP contribution in [0.4, 0.5) is 0 Å². The summed E-state index contributed by atoms with van der Waals surface area (Å²) in [6, 6.07) is 4.17. The molecule has 2 atom stereocenters. The van der Waals surface area contributed by atoms with Gasteiger partial charge in [-0.3, -0.25) is 4.79 Å². The van der Waals surface area contributed by atoms with Gasteiger partial charge in [-0.05, 0) is 63.7 Å². The Bertz CT molecular complexity index is 497. The summed E-state index contributed by atoms with van der Waals surface area (Å²) in [7, 11) is 0. The normalized spacial score (nSPS) is 26.5. The van der Waals surface area contributed by atoms with Crippen LogP contribution in [0.2, 0.25) is 0 Å². The minimum absolute atomic E-state index is 0. The molecule has 0 aliphatic carbocycles. The van der Waals surface area contributed by atoms with Gasteiger partial charge >= 0.3 is 0 Å². The number of amides is 1. The molecule has 0 bridgehead atoms. The molecule has 1 amide bonds. The van der Waals surface area contributed by atoms with Gasteiger partial charge in [-0.2, -0.15) is 0 Å². The minimum Gasteiger partial charge on any atom is -0.464 e. The third-order valence-corrected chi connectivity index (χ3v) is 4.93. The van der Waals surface area contributed by atoms with Crippen molar-refractivity contribution in [3.63, 3.8) is 0 Å². The summed E-state index contributed by atoms with van der Waals surface area (Å²) in [4.78, 5) is 15.0. The summed E-state index contributed by atoms with van der Waals surface area (Å²) in [5, 5.41) is 3.34. The van der Waals surface area contributed by atoms with Crippen molar-refractivity contribution in [2.45, 2.75) is 45.6 Å². The van der Waals surface area contributed by atoms with Crippen LogP contribution in [0, 0.1) is 18.8 Å². The quantitative estimate of drug-likeness (QED) is 0.907. The van der Waals surface area contributed by atoms with Crippen LogP contribution in [-0.4, -0.2) is 30.4 Å². The van der Waals surface area contributed by atoms with Gasteiger partial charge in [-0.25, -0.2) is 0 Å². The van der Waals surface area contributed by atoms with Gasteiger partial charge in [0.15, 0.2) is 0 Å². The molecule has 0 aromatic carbocycles. The number of hydrogen-bond donors (Lipinski definition) is 1. The van der Waals surface area contributed by atoms with Crippen LogP contribution < -0.4 is 5.32 Å². The van der Waals surface area contributed by atoms with Gasteiger partial charge in [0.05, 0.1) is 6.04 Å². The molecule has 1 N–H and O–H groups in total. The SMILES string of the molecule is Cc1ccc(C2CC(C)CCN2C(=O)C2CCNCC2)o1.Cl. The van der Waals surface area contributed by atoms with Crippen LogP contribution in [0.25, 0.3) is 0 Å². The third kappa shape index (κ3) is 3.66. The minimum atomic E-state index is 0. The van der Waals surface area contributed by atoms with E-state index in [9.17, 15) is 4.79 Å². The van der Waals surface area contributed by atoms with E-state index in [-0.39, 0.29) is 24.4 Å². The average Bonchev–Trinajstić information content (AvgIpc) is 2.94. The first kappa shape index (κ1) is 17.4. The summed E-state index contributed by atoms with van der Waals surface area (Å²) in [6.07, 6.45) is 4.06. The number of piperidine rings is 2. The number of carbonyl (C=O) groups is 1. The van der Waals surface area contributed by atoms with Crippen LogP contribution in [0.3, 0.4) is 0 Å². The summed E-state index contributed by atoms with van der Waals surface area (Å²) < 4.78 is 5.83. The van der Waals surface area contributed by atoms with E-state index in [4.69, 9.17) is 4.42 Å². The van der Waals surface area contributed by atoms with Crippen molar-refractivity contribution in [1.29, 1.82) is 0 Å². The predicted octanol–water partition coefficient (Wildman–Crippen LogP) is 3.31. The standard InChI is InChI=1S/C17H26N2O2.ClH/c1-12-7-10-19(17(20)14-5-8-18-9-6-14)15(11-12)16-4-3-13(2)21-16;/h3-4,12,14-15,18H,5-11H2,1-2H3;1H. The molecule has 1 aromatic heterocycles. The second-order valence-electron chi connectivity index (χ2n) is 6.65. The van der Waals surface area contributed by atoms with E-state index in [2.05, 4.69) is 17.1 Å². The van der Waals surface area contributed by atoms with Crippen molar-refractivity contribution in [3.8, 4) is 0 Å². The van der Waals surface area contributed by atoms with Gasteiger partial charge in [0.2, 0.25) is 5.91 Å². The molecular formula is C17H27ClN2O2. The number of nitrogens with zero attached hydrogens (tertiary/aromatic N) is 1. The number of nitrogens with one attached hydrogen (secondary N) is 1. The Balaban J connectivity index is 0.00000176. The molecule has 3 rings (SSSR count). The van der Waals surface area contributed by atoms with Gasteiger partial charge < -0.3 is 14.6 Å². The highest BCUT2D eigenvalue weighted by molar-refractivity contribution is 5.85. The maximum absolute atomic E-state index is 12.9. The van der Waals surface area contributed by atoms with E-state index in [0.29, 0.717) is 11.8 Å². The van der Waals surface area contributed by atoms with Crippen LogP contribution in [-0.2, 0) is 4.79 Å². The lowest BCUT2D eigenvalue weighted by Crippen LogP contribution is -2.45. The zero-order valence-electron chi connectivity index (χ0n) is 13.5. The predicted molar refractivity (Wildman–Crippen MR) is 89.1 cm³/mol. The second kappa shape index (κ2) is 7.51. The van der Waals surface area contributed by atoms with Gasteiger partial charge in [0.1, 0.15) is 11.5 Å². The number of halogens is 1. The Morgan fingerprint density at radius 2 is 2.00 bits per heavy atom. The van der Waals surface area contributed by atoms with E-state index in [1.165, 1.54) is 0 Å². The highest BCUT2D eigenvalue weighted by Gasteiger charge is 2.36. The van der Waals surface area contributed by atoms with E-state index in [1.807, 2.05) is 19.1 Å². The molecule has 2 aliphatic rings. The average molecular weight is 327 g/mol. The van der Waals surface area contributed by atoms with Gasteiger partial charge in [0.25, 0.3) is 0 Å². The first-order valence-corrected chi connectivity index (χ1v) is 8.22. The largest absolute Gasteiger partial charge is 0.464 e. The Labute approximate surface area is 139 Å². The highest BCUT2D eigenvalue weighted by Crippen LogP contribution is 2.36. The monoisotopic (exact) mass is 326 g/mol. The van der Waals surface area contributed by atoms with Crippen molar-refractivity contribution < 1.29 is 9.21 Å². The Hall–Kier alpha value is -1.00. The van der Waals surface area contributed by atoms with E-state index < -0.39 is 0 Å². The molecule has 2 unspecified atom stereocenters. The van der Waals surface area contributed by atoms with E-state index >= 15 is 0 Å². The Morgan fingerprint density at radius 1 is 1.27 bits per heavy atom. The van der Waals surface area contributed by atoms with Crippen molar-refractivity contribution in [2.75, 3.05) is 19.6 Å². The van der Waals surface area contributed by atoms with Gasteiger partial charge in [-0.15, -0.1) is 12.4 Å². The first-order valence-electron chi connectivity index (χ1n) is 8.22. The van der Waals surface area contributed by atoms with Crippen LogP contribution in [0.5, 0.6) is 0 Å². The number of carbonyl (C=O) groups excluding carboxylic acids is 1. The first-order chi connectivity index (χ1) is 10.1. The molecule has 124 valence electrons. The molecule has 2 aliphatic heterocycles. The van der Waals surface area contributed by atoms with Crippen LogP contribution in [0.1, 0.15) is 50.2 Å². The fourth-order valence-electron chi connectivity index (χ4n) is 3.61. The molecule has 4 nitrogen and oxygen atoms in total. The maximum Gasteiger partial charge on any atom is 0.226 e. The summed E-state index contributed by atoms with van der Waals surface area (Å²) in [6.45, 7) is 7.04. The second-order valence-corrected chi connectivity index (χ2v) is 6.65. The fraction of sp³-hybridized carbons (Fsp3) is 0.706. The van der Waals surface area contributed by atoms with E-state index in [1.54, 1.807) is 0 Å². The van der Waals surface area contributed by atoms with Crippen molar-refractivity contribution in [2.24, 2.45) is 11.8 Å². The molecule has 2 fully saturated rings.